The Morgan fingerprint density at radius 2 is 2.29 bits per heavy atom. The van der Waals surface area contributed by atoms with Gasteiger partial charge in [-0.25, -0.2) is 24.1 Å². The van der Waals surface area contributed by atoms with E-state index in [4.69, 9.17) is 4.74 Å². The molecule has 3 heterocycles. The minimum Gasteiger partial charge on any atom is -0.474 e. The van der Waals surface area contributed by atoms with Crippen molar-refractivity contribution in [3.8, 4) is 0 Å². The Morgan fingerprint density at radius 3 is 3.00 bits per heavy atom. The first-order valence-corrected chi connectivity index (χ1v) is 5.27. The van der Waals surface area contributed by atoms with Gasteiger partial charge in [0, 0.05) is 0 Å². The molecule has 0 aliphatic carbocycles. The maximum atomic E-state index is 13.5. The van der Waals surface area contributed by atoms with Crippen LogP contribution in [0.3, 0.4) is 0 Å². The van der Waals surface area contributed by atoms with Crippen molar-refractivity contribution in [3.05, 3.63) is 25.0 Å². The van der Waals surface area contributed by atoms with Gasteiger partial charge in [0.1, 0.15) is 12.7 Å². The molecule has 0 bridgehead atoms. The molecule has 8 heteroatoms. The number of ether oxygens (including phenoxy) is 1. The van der Waals surface area contributed by atoms with Gasteiger partial charge in [-0.15, -0.1) is 0 Å². The van der Waals surface area contributed by atoms with E-state index in [1.165, 1.54) is 29.6 Å². The zero-order chi connectivity index (χ0) is 11.8. The average molecular weight is 251 g/mol. The summed E-state index contributed by atoms with van der Waals surface area (Å²) in [6.45, 7) is 0. The number of alkyl halides is 1. The molecule has 1 aliphatic rings. The molecular formula is C9H7FN5OP. The Balaban J connectivity index is 2.15. The van der Waals surface area contributed by atoms with Crippen LogP contribution in [0.15, 0.2) is 29.7 Å². The summed E-state index contributed by atoms with van der Waals surface area (Å²) in [5.41, 5.74) is 0.971. The van der Waals surface area contributed by atoms with Gasteiger partial charge in [-0.05, 0) is 15.1 Å². The third-order valence-electron chi connectivity index (χ3n) is 2.47. The molecule has 0 saturated heterocycles. The van der Waals surface area contributed by atoms with Crippen LogP contribution in [0.5, 0.6) is 0 Å². The Hall–Kier alpha value is -1.88. The van der Waals surface area contributed by atoms with E-state index in [-0.39, 0.29) is 0 Å². The molecule has 86 valence electrons. The second kappa shape index (κ2) is 3.85. The quantitative estimate of drug-likeness (QED) is 0.767. The number of hydrogen-bond donors (Lipinski definition) is 0. The van der Waals surface area contributed by atoms with E-state index in [1.807, 2.05) is 0 Å². The predicted molar refractivity (Wildman–Crippen MR) is 59.9 cm³/mol. The van der Waals surface area contributed by atoms with Gasteiger partial charge in [-0.3, -0.25) is 4.57 Å². The Kier molecular flexibility index (Phi) is 2.33. The highest BCUT2D eigenvalue weighted by Gasteiger charge is 2.28. The zero-order valence-electron chi connectivity index (χ0n) is 8.49. The highest BCUT2D eigenvalue weighted by molar-refractivity contribution is 7.04. The number of hydrogen-bond acceptors (Lipinski definition) is 5. The molecule has 1 aliphatic heterocycles. The van der Waals surface area contributed by atoms with Crippen LogP contribution in [0.25, 0.3) is 11.2 Å². The molecule has 2 aromatic heterocycles. The number of nitrogens with zero attached hydrogens (tertiary/aromatic N) is 5. The molecule has 6 nitrogen and oxygen atoms in total. The van der Waals surface area contributed by atoms with E-state index < -0.39 is 12.4 Å². The van der Waals surface area contributed by atoms with E-state index in [2.05, 4.69) is 28.7 Å². The lowest BCUT2D eigenvalue weighted by Gasteiger charge is -2.14. The van der Waals surface area contributed by atoms with Crippen molar-refractivity contribution in [1.29, 1.82) is 0 Å². The lowest BCUT2D eigenvalue weighted by molar-refractivity contribution is 0.0541. The summed E-state index contributed by atoms with van der Waals surface area (Å²) in [7, 11) is 3.00. The van der Waals surface area contributed by atoms with E-state index in [1.54, 1.807) is 0 Å². The van der Waals surface area contributed by atoms with Crippen LogP contribution in [-0.2, 0) is 4.74 Å². The number of imidazole rings is 1. The van der Waals surface area contributed by atoms with Crippen LogP contribution >= 0.6 is 9.03 Å². The van der Waals surface area contributed by atoms with E-state index >= 15 is 0 Å². The molecule has 0 aromatic carbocycles. The maximum Gasteiger partial charge on any atom is 0.212 e. The maximum absolute atomic E-state index is 13.5. The van der Waals surface area contributed by atoms with Gasteiger partial charge < -0.3 is 4.74 Å². The van der Waals surface area contributed by atoms with E-state index in [9.17, 15) is 4.39 Å². The van der Waals surface area contributed by atoms with Crippen molar-refractivity contribution in [2.75, 3.05) is 0 Å². The molecule has 0 amide bonds. The van der Waals surface area contributed by atoms with Gasteiger partial charge in [0.2, 0.25) is 6.23 Å². The number of aromatic nitrogens is 4. The second-order valence-corrected chi connectivity index (χ2v) is 3.66. The molecule has 0 radical (unpaired) electrons. The fraction of sp³-hybridized carbons (Fsp3) is 0.222. The minimum absolute atomic E-state index is 0.395. The van der Waals surface area contributed by atoms with Crippen molar-refractivity contribution in [1.82, 2.24) is 19.5 Å². The van der Waals surface area contributed by atoms with Crippen LogP contribution < -0.4 is 0 Å². The van der Waals surface area contributed by atoms with Gasteiger partial charge in [-0.1, -0.05) is 0 Å². The molecule has 0 unspecified atom stereocenters. The van der Waals surface area contributed by atoms with Gasteiger partial charge in [0.25, 0.3) is 0 Å². The largest absolute Gasteiger partial charge is 0.474 e. The molecule has 2 atom stereocenters. The minimum atomic E-state index is -1.22. The molecule has 2 aromatic rings. The highest BCUT2D eigenvalue weighted by Crippen LogP contribution is 2.29. The van der Waals surface area contributed by atoms with Crippen molar-refractivity contribution in [3.63, 3.8) is 0 Å². The van der Waals surface area contributed by atoms with Crippen molar-refractivity contribution in [2.45, 2.75) is 12.4 Å². The highest BCUT2D eigenvalue weighted by atomic mass is 31.0. The van der Waals surface area contributed by atoms with Crippen molar-refractivity contribution in [2.24, 2.45) is 4.74 Å². The van der Waals surface area contributed by atoms with Crippen LogP contribution in [0.1, 0.15) is 6.23 Å². The van der Waals surface area contributed by atoms with Crippen molar-refractivity contribution < 1.29 is 9.13 Å². The molecule has 0 saturated carbocycles. The lowest BCUT2D eigenvalue weighted by Crippen LogP contribution is -2.16. The van der Waals surface area contributed by atoms with Gasteiger partial charge >= 0.3 is 0 Å². The van der Waals surface area contributed by atoms with Crippen LogP contribution in [0, 0.1) is 0 Å². The first kappa shape index (κ1) is 10.3. The molecule has 3 rings (SSSR count). The van der Waals surface area contributed by atoms with Crippen LogP contribution in [0.4, 0.5) is 10.2 Å². The zero-order valence-corrected chi connectivity index (χ0v) is 9.49. The van der Waals surface area contributed by atoms with Crippen LogP contribution in [0.2, 0.25) is 0 Å². The van der Waals surface area contributed by atoms with Gasteiger partial charge in [-0.2, -0.15) is 0 Å². The normalized spacial score (nSPS) is 22.9. The summed E-state index contributed by atoms with van der Waals surface area (Å²) in [6.07, 6.45) is 3.49. The summed E-state index contributed by atoms with van der Waals surface area (Å²) in [6, 6.07) is 0. The summed E-state index contributed by atoms with van der Waals surface area (Å²) in [5.74, 6) is 0.395. The molecule has 0 spiro atoms. The van der Waals surface area contributed by atoms with E-state index in [0.717, 1.165) is 0 Å². The fourth-order valence-corrected chi connectivity index (χ4v) is 1.86. The topological polar surface area (TPSA) is 65.2 Å². The predicted octanol–water partition coefficient (Wildman–Crippen LogP) is 2.16. The monoisotopic (exact) mass is 251 g/mol. The third-order valence-corrected chi connectivity index (χ3v) is 2.68. The molecular weight excluding hydrogens is 244 g/mol. The Morgan fingerprint density at radius 1 is 1.41 bits per heavy atom. The van der Waals surface area contributed by atoms with Gasteiger partial charge in [0.05, 0.1) is 6.26 Å². The standard InChI is InChI=1S/C9H7FN5OP/c10-5-1-2-16-9(5)15-4-13-6-7(14-17)11-3-12-8(6)15/h1-5,9,17H/t5-,9+/m0/s1. The second-order valence-electron chi connectivity index (χ2n) is 3.43. The summed E-state index contributed by atoms with van der Waals surface area (Å²) in [5, 5.41) is 0. The Labute approximate surface area is 97.5 Å². The number of halogens is 1. The average Bonchev–Trinajstić information content (AvgIpc) is 2.94. The number of rotatable bonds is 2. The lowest BCUT2D eigenvalue weighted by atomic mass is 10.3. The van der Waals surface area contributed by atoms with Crippen molar-refractivity contribution >= 4 is 26.0 Å². The SMILES string of the molecule is F[C@H]1C=CO[C@H]1n1cnc2c(N=P)ncnc21. The fourth-order valence-electron chi connectivity index (χ4n) is 1.70. The number of fused-ring (bicyclic) bond motifs is 1. The third kappa shape index (κ3) is 1.51. The first-order chi connectivity index (χ1) is 8.31. The van der Waals surface area contributed by atoms with E-state index in [0.29, 0.717) is 17.0 Å². The first-order valence-electron chi connectivity index (χ1n) is 4.82. The van der Waals surface area contributed by atoms with Gasteiger partial charge in [0.15, 0.2) is 23.2 Å². The smallest absolute Gasteiger partial charge is 0.212 e. The summed E-state index contributed by atoms with van der Waals surface area (Å²) < 4.78 is 24.0. The molecule has 0 N–H and O–H groups in total. The molecule has 17 heavy (non-hydrogen) atoms. The summed E-state index contributed by atoms with van der Waals surface area (Å²) >= 11 is 0. The molecule has 0 fully saturated rings. The van der Waals surface area contributed by atoms with Crippen LogP contribution in [-0.4, -0.2) is 25.7 Å². The Bertz CT molecular complexity index is 612. The summed E-state index contributed by atoms with van der Waals surface area (Å²) in [4.78, 5) is 12.1.